The van der Waals surface area contributed by atoms with E-state index in [0.29, 0.717) is 18.7 Å². The van der Waals surface area contributed by atoms with Gasteiger partial charge in [-0.05, 0) is 12.5 Å². The van der Waals surface area contributed by atoms with Crippen molar-refractivity contribution < 1.29 is 14.8 Å². The Hall–Kier alpha value is -1.95. The first-order valence-corrected chi connectivity index (χ1v) is 5.68. The molecule has 18 heavy (non-hydrogen) atoms. The van der Waals surface area contributed by atoms with Crippen LogP contribution in [0.1, 0.15) is 12.0 Å². The molecule has 2 atom stereocenters. The van der Waals surface area contributed by atoms with Gasteiger partial charge in [-0.2, -0.15) is 0 Å². The Bertz CT molecular complexity index is 489. The fourth-order valence-electron chi connectivity index (χ4n) is 2.27. The first-order valence-electron chi connectivity index (χ1n) is 5.68. The zero-order chi connectivity index (χ0) is 13.3. The maximum absolute atomic E-state index is 11.0. The van der Waals surface area contributed by atoms with E-state index in [2.05, 4.69) is 0 Å². The van der Waals surface area contributed by atoms with Gasteiger partial charge in [0.25, 0.3) is 5.69 Å². The second kappa shape index (κ2) is 4.73. The molecule has 0 spiro atoms. The quantitative estimate of drug-likeness (QED) is 0.492. The minimum atomic E-state index is -0.570. The van der Waals surface area contributed by atoms with Gasteiger partial charge in [-0.25, -0.2) is 0 Å². The summed E-state index contributed by atoms with van der Waals surface area (Å²) in [5, 5.41) is 20.4. The highest BCUT2D eigenvalue weighted by atomic mass is 16.6. The number of rotatable bonds is 3. The van der Waals surface area contributed by atoms with Gasteiger partial charge in [0.15, 0.2) is 0 Å². The number of aliphatic hydroxyl groups excluding tert-OH is 1. The molecule has 0 radical (unpaired) electrons. The minimum absolute atomic E-state index is 0.0124. The number of carbonyl (C=O) groups excluding carboxylic acids is 1. The van der Waals surface area contributed by atoms with Crippen LogP contribution in [0.25, 0.3) is 0 Å². The van der Waals surface area contributed by atoms with E-state index in [-0.39, 0.29) is 5.69 Å². The third-order valence-electron chi connectivity index (χ3n) is 3.19. The molecule has 1 heterocycles. The number of non-ortho nitro benzene ring substituents is 1. The van der Waals surface area contributed by atoms with Crippen LogP contribution in [0.2, 0.25) is 0 Å². The Morgan fingerprint density at radius 1 is 1.56 bits per heavy atom. The predicted octanol–water partition coefficient (Wildman–Crippen LogP) is 1.04. The summed E-state index contributed by atoms with van der Waals surface area (Å²) >= 11 is 0. The number of hydrogen-bond acceptors (Lipinski definition) is 5. The molecule has 1 saturated heterocycles. The van der Waals surface area contributed by atoms with Crippen LogP contribution in [-0.2, 0) is 4.79 Å². The Balaban J connectivity index is 2.40. The Kier molecular flexibility index (Phi) is 3.29. The van der Waals surface area contributed by atoms with Crippen molar-refractivity contribution in [1.29, 1.82) is 0 Å². The number of aryl methyl sites for hydroxylation is 1. The lowest BCUT2D eigenvalue weighted by atomic mass is 10.1. The van der Waals surface area contributed by atoms with Crippen molar-refractivity contribution in [3.63, 3.8) is 0 Å². The average molecular weight is 250 g/mol. The van der Waals surface area contributed by atoms with Gasteiger partial charge in [-0.3, -0.25) is 10.1 Å². The van der Waals surface area contributed by atoms with E-state index in [4.69, 9.17) is 0 Å². The molecule has 2 rings (SSSR count). The molecule has 1 fully saturated rings. The van der Waals surface area contributed by atoms with Gasteiger partial charge >= 0.3 is 0 Å². The molecule has 1 aromatic rings. The first kappa shape index (κ1) is 12.5. The molecule has 1 aliphatic heterocycles. The normalized spacial score (nSPS) is 23.1. The predicted molar refractivity (Wildman–Crippen MR) is 65.7 cm³/mol. The van der Waals surface area contributed by atoms with E-state index in [1.165, 1.54) is 12.1 Å². The van der Waals surface area contributed by atoms with Crippen molar-refractivity contribution in [3.8, 4) is 0 Å². The lowest BCUT2D eigenvalue weighted by molar-refractivity contribution is -0.384. The minimum Gasteiger partial charge on any atom is -0.391 e. The second-order valence-corrected chi connectivity index (χ2v) is 4.47. The molecule has 1 aromatic carbocycles. The van der Waals surface area contributed by atoms with Gasteiger partial charge in [0, 0.05) is 30.8 Å². The van der Waals surface area contributed by atoms with Gasteiger partial charge in [0.2, 0.25) is 0 Å². The number of benzene rings is 1. The summed E-state index contributed by atoms with van der Waals surface area (Å²) in [6.07, 6.45) is 0.569. The number of anilines is 1. The van der Waals surface area contributed by atoms with Gasteiger partial charge < -0.3 is 14.8 Å². The van der Waals surface area contributed by atoms with E-state index < -0.39 is 17.1 Å². The number of β-amino-alcohol motifs (C(OH)–C–C–N with tert-alkyl or cyclic N) is 1. The summed E-state index contributed by atoms with van der Waals surface area (Å²) in [7, 11) is 0. The van der Waals surface area contributed by atoms with Gasteiger partial charge in [0.1, 0.15) is 6.29 Å². The maximum atomic E-state index is 11.0. The number of nitro benzene ring substituents is 1. The Morgan fingerprint density at radius 2 is 2.28 bits per heavy atom. The number of carbonyl (C=O) groups is 1. The van der Waals surface area contributed by atoms with E-state index in [1.807, 2.05) is 6.92 Å². The SMILES string of the molecule is Cc1ccc([N+](=O)[O-])cc1N1C[C@H](O)C[C@H]1C=O. The van der Waals surface area contributed by atoms with Crippen LogP contribution >= 0.6 is 0 Å². The zero-order valence-corrected chi connectivity index (χ0v) is 9.94. The molecular formula is C12H14N2O4. The van der Waals surface area contributed by atoms with Crippen LogP contribution in [-0.4, -0.2) is 35.0 Å². The number of hydrogen-bond donors (Lipinski definition) is 1. The summed E-state index contributed by atoms with van der Waals surface area (Å²) < 4.78 is 0. The third-order valence-corrected chi connectivity index (χ3v) is 3.19. The maximum Gasteiger partial charge on any atom is 0.271 e. The number of nitrogens with zero attached hydrogens (tertiary/aromatic N) is 2. The van der Waals surface area contributed by atoms with Gasteiger partial charge in [-0.15, -0.1) is 0 Å². The third kappa shape index (κ3) is 2.19. The summed E-state index contributed by atoms with van der Waals surface area (Å²) in [6, 6.07) is 4.12. The highest BCUT2D eigenvalue weighted by Gasteiger charge is 2.32. The van der Waals surface area contributed by atoms with Crippen molar-refractivity contribution in [1.82, 2.24) is 0 Å². The number of nitro groups is 1. The van der Waals surface area contributed by atoms with Crippen LogP contribution in [0.5, 0.6) is 0 Å². The van der Waals surface area contributed by atoms with Crippen LogP contribution in [0.4, 0.5) is 11.4 Å². The molecule has 0 bridgehead atoms. The van der Waals surface area contributed by atoms with Gasteiger partial charge in [-0.1, -0.05) is 6.07 Å². The fourth-order valence-corrected chi connectivity index (χ4v) is 2.27. The fraction of sp³-hybridized carbons (Fsp3) is 0.417. The molecule has 0 aliphatic carbocycles. The molecule has 1 aliphatic rings. The van der Waals surface area contributed by atoms with Crippen molar-refractivity contribution in [2.45, 2.75) is 25.5 Å². The molecular weight excluding hydrogens is 236 g/mol. The van der Waals surface area contributed by atoms with Crippen molar-refractivity contribution in [2.24, 2.45) is 0 Å². The Labute approximate surface area is 104 Å². The van der Waals surface area contributed by atoms with E-state index in [1.54, 1.807) is 11.0 Å². The second-order valence-electron chi connectivity index (χ2n) is 4.47. The molecule has 0 amide bonds. The lowest BCUT2D eigenvalue weighted by Gasteiger charge is -2.24. The topological polar surface area (TPSA) is 83.7 Å². The molecule has 6 nitrogen and oxygen atoms in total. The van der Waals surface area contributed by atoms with Gasteiger partial charge in [0.05, 0.1) is 17.1 Å². The van der Waals surface area contributed by atoms with Crippen molar-refractivity contribution in [3.05, 3.63) is 33.9 Å². The van der Waals surface area contributed by atoms with Crippen LogP contribution in [0.15, 0.2) is 18.2 Å². The van der Waals surface area contributed by atoms with Crippen LogP contribution in [0, 0.1) is 17.0 Å². The molecule has 0 saturated carbocycles. The van der Waals surface area contributed by atoms with Crippen LogP contribution < -0.4 is 4.90 Å². The summed E-state index contributed by atoms with van der Waals surface area (Å²) in [5.74, 6) is 0. The van der Waals surface area contributed by atoms with Crippen molar-refractivity contribution >= 4 is 17.7 Å². The molecule has 96 valence electrons. The first-order chi connectivity index (χ1) is 8.52. The average Bonchev–Trinajstić information content (AvgIpc) is 2.70. The van der Waals surface area contributed by atoms with Crippen LogP contribution in [0.3, 0.4) is 0 Å². The zero-order valence-electron chi connectivity index (χ0n) is 9.94. The summed E-state index contributed by atoms with van der Waals surface area (Å²) in [4.78, 5) is 23.0. The monoisotopic (exact) mass is 250 g/mol. The van der Waals surface area contributed by atoms with E-state index in [0.717, 1.165) is 11.8 Å². The summed E-state index contributed by atoms with van der Waals surface area (Å²) in [6.45, 7) is 2.15. The number of aliphatic hydroxyl groups is 1. The molecule has 6 heteroatoms. The lowest BCUT2D eigenvalue weighted by Crippen LogP contribution is -2.31. The standard InChI is InChI=1S/C12H14N2O4/c1-8-2-3-9(14(17)18)5-12(8)13-6-11(16)4-10(13)7-15/h2-3,5,7,10-11,16H,4,6H2,1H3/t10-,11+/m0/s1. The van der Waals surface area contributed by atoms with Crippen molar-refractivity contribution in [2.75, 3.05) is 11.4 Å². The highest BCUT2D eigenvalue weighted by Crippen LogP contribution is 2.30. The van der Waals surface area contributed by atoms with E-state index in [9.17, 15) is 20.0 Å². The number of aldehydes is 1. The van der Waals surface area contributed by atoms with E-state index >= 15 is 0 Å². The largest absolute Gasteiger partial charge is 0.391 e. The molecule has 1 N–H and O–H groups in total. The summed E-state index contributed by atoms with van der Waals surface area (Å²) in [5.41, 5.74) is 1.47. The molecule has 0 unspecified atom stereocenters. The Morgan fingerprint density at radius 3 is 2.89 bits per heavy atom. The molecule has 0 aromatic heterocycles. The highest BCUT2D eigenvalue weighted by molar-refractivity contribution is 5.70. The smallest absolute Gasteiger partial charge is 0.271 e.